The maximum atomic E-state index is 11.5. The van der Waals surface area contributed by atoms with Gasteiger partial charge in [-0.05, 0) is 44.0 Å². The predicted molar refractivity (Wildman–Crippen MR) is 93.8 cm³/mol. The van der Waals surface area contributed by atoms with E-state index in [-0.39, 0.29) is 25.9 Å². The number of fused-ring (bicyclic) bond motifs is 4. The van der Waals surface area contributed by atoms with Crippen molar-refractivity contribution in [2.75, 3.05) is 26.2 Å². The summed E-state index contributed by atoms with van der Waals surface area (Å²) in [6, 6.07) is 3.79. The molecule has 0 saturated carbocycles. The van der Waals surface area contributed by atoms with Gasteiger partial charge in [-0.1, -0.05) is 11.6 Å². The van der Waals surface area contributed by atoms with Crippen LogP contribution < -0.4 is 24.2 Å². The van der Waals surface area contributed by atoms with Crippen LogP contribution in [0.4, 0.5) is 0 Å². The largest absolute Gasteiger partial charge is 1.00 e. The van der Waals surface area contributed by atoms with Gasteiger partial charge in [0.2, 0.25) is 0 Å². The Kier molecular flexibility index (Phi) is 5.77. The van der Waals surface area contributed by atoms with Crippen molar-refractivity contribution < 1.29 is 30.2 Å². The molecule has 1 aromatic carbocycles. The molecule has 0 amide bonds. The first-order valence-electron chi connectivity index (χ1n) is 8.46. The summed E-state index contributed by atoms with van der Waals surface area (Å²) < 4.78 is 1.77. The fourth-order valence-corrected chi connectivity index (χ4v) is 4.31. The zero-order chi connectivity index (χ0) is 16.7. The Labute approximate surface area is 165 Å². The number of halogens is 1. The Balaban J connectivity index is 0.00000121. The molecule has 3 aliphatic rings. The molecule has 1 unspecified atom stereocenters. The van der Waals surface area contributed by atoms with Crippen molar-refractivity contribution >= 4 is 28.5 Å². The summed E-state index contributed by atoms with van der Waals surface area (Å²) in [5.74, 6) is -0.202. The quantitative estimate of drug-likeness (QED) is 0.686. The molecule has 0 radical (unpaired) electrons. The van der Waals surface area contributed by atoms with E-state index in [1.807, 2.05) is 0 Å². The normalized spacial score (nSPS) is 25.1. The molecule has 3 saturated heterocycles. The number of benzene rings is 1. The number of piperidine rings is 3. The molecule has 130 valence electrons. The Bertz CT molecular complexity index is 779. The molecule has 2 bridgehead atoms. The Morgan fingerprint density at radius 2 is 2.16 bits per heavy atom. The van der Waals surface area contributed by atoms with Crippen LogP contribution in [0.5, 0.6) is 0 Å². The van der Waals surface area contributed by atoms with Gasteiger partial charge in [0.25, 0.3) is 0 Å². The van der Waals surface area contributed by atoms with E-state index in [9.17, 15) is 9.90 Å². The Morgan fingerprint density at radius 1 is 1.40 bits per heavy atom. The minimum atomic E-state index is -0.977. The van der Waals surface area contributed by atoms with Crippen LogP contribution in [-0.4, -0.2) is 58.0 Å². The molecule has 25 heavy (non-hydrogen) atoms. The average molecular weight is 357 g/mol. The van der Waals surface area contributed by atoms with Gasteiger partial charge in [0, 0.05) is 29.5 Å². The van der Waals surface area contributed by atoms with E-state index in [0.29, 0.717) is 23.1 Å². The molecule has 3 aliphatic heterocycles. The number of hydrogen-bond donors (Lipinski definition) is 2. The SMILES string of the molecule is O=C(O)c1cc(Cl)cc2cnn(CCNC3CN4CCC3CC4)c12.[H-].[Li+]. The number of nitrogens with one attached hydrogen (secondary N) is 1. The van der Waals surface area contributed by atoms with E-state index in [4.69, 9.17) is 11.6 Å². The van der Waals surface area contributed by atoms with E-state index < -0.39 is 5.97 Å². The molecule has 8 heteroatoms. The number of hydrogen-bond acceptors (Lipinski definition) is 4. The number of nitrogens with zero attached hydrogens (tertiary/aromatic N) is 3. The third-order valence-electron chi connectivity index (χ3n) is 5.32. The van der Waals surface area contributed by atoms with Crippen LogP contribution in [0.15, 0.2) is 18.3 Å². The van der Waals surface area contributed by atoms with E-state index in [1.165, 1.54) is 32.0 Å². The van der Waals surface area contributed by atoms with Gasteiger partial charge >= 0.3 is 24.8 Å². The topological polar surface area (TPSA) is 70.4 Å². The second kappa shape index (κ2) is 7.69. The maximum absolute atomic E-state index is 11.5. The Hall–Kier alpha value is -1.03. The van der Waals surface area contributed by atoms with Crippen molar-refractivity contribution in [2.24, 2.45) is 5.92 Å². The molecule has 4 heterocycles. The summed E-state index contributed by atoms with van der Waals surface area (Å²) in [5, 5.41) is 18.6. The van der Waals surface area contributed by atoms with Crippen LogP contribution in [-0.2, 0) is 6.54 Å². The third-order valence-corrected chi connectivity index (χ3v) is 5.53. The second-order valence-corrected chi connectivity index (χ2v) is 7.20. The molecule has 6 nitrogen and oxygen atoms in total. The van der Waals surface area contributed by atoms with Crippen molar-refractivity contribution in [2.45, 2.75) is 25.4 Å². The van der Waals surface area contributed by atoms with Crippen molar-refractivity contribution in [3.8, 4) is 0 Å². The van der Waals surface area contributed by atoms with Crippen LogP contribution >= 0.6 is 11.6 Å². The molecule has 3 fully saturated rings. The van der Waals surface area contributed by atoms with Crippen LogP contribution in [0.3, 0.4) is 0 Å². The van der Waals surface area contributed by atoms with E-state index in [0.717, 1.165) is 24.4 Å². The first kappa shape index (κ1) is 18.7. The molecule has 0 aliphatic carbocycles. The van der Waals surface area contributed by atoms with Crippen molar-refractivity contribution in [1.82, 2.24) is 20.0 Å². The summed E-state index contributed by atoms with van der Waals surface area (Å²) in [6.45, 7) is 5.02. The smallest absolute Gasteiger partial charge is 1.00 e. The monoisotopic (exact) mass is 356 g/mol. The van der Waals surface area contributed by atoms with Gasteiger partial charge in [0.05, 0.1) is 23.8 Å². The fraction of sp³-hybridized carbons (Fsp3) is 0.529. The van der Waals surface area contributed by atoms with Gasteiger partial charge in [-0.3, -0.25) is 4.68 Å². The fourth-order valence-electron chi connectivity index (χ4n) is 4.08. The minimum absolute atomic E-state index is 0. The van der Waals surface area contributed by atoms with Gasteiger partial charge in [-0.15, -0.1) is 0 Å². The Morgan fingerprint density at radius 3 is 2.80 bits per heavy atom. The third kappa shape index (κ3) is 3.74. The number of carboxylic acid groups (broad SMARTS) is 1. The van der Waals surface area contributed by atoms with Crippen LogP contribution in [0.25, 0.3) is 10.9 Å². The number of aromatic carboxylic acids is 1. The molecule has 1 atom stereocenters. The maximum Gasteiger partial charge on any atom is 1.00 e. The average Bonchev–Trinajstić information content (AvgIpc) is 2.98. The number of carbonyl (C=O) groups is 1. The second-order valence-electron chi connectivity index (χ2n) is 6.76. The van der Waals surface area contributed by atoms with Gasteiger partial charge in [0.15, 0.2) is 0 Å². The molecular formula is C17H22ClLiN4O2. The molecular weight excluding hydrogens is 335 g/mol. The van der Waals surface area contributed by atoms with E-state index >= 15 is 0 Å². The predicted octanol–water partition coefficient (Wildman–Crippen LogP) is -0.812. The van der Waals surface area contributed by atoms with Crippen molar-refractivity contribution in [3.63, 3.8) is 0 Å². The van der Waals surface area contributed by atoms with Crippen molar-refractivity contribution in [3.05, 3.63) is 28.9 Å². The number of aromatic nitrogens is 2. The zero-order valence-corrected chi connectivity index (χ0v) is 15.2. The van der Waals surface area contributed by atoms with E-state index in [1.54, 1.807) is 16.9 Å². The van der Waals surface area contributed by atoms with E-state index in [2.05, 4.69) is 15.3 Å². The van der Waals surface area contributed by atoms with Gasteiger partial charge in [-0.25, -0.2) is 4.79 Å². The summed E-state index contributed by atoms with van der Waals surface area (Å²) >= 11 is 6.00. The summed E-state index contributed by atoms with van der Waals surface area (Å²) in [7, 11) is 0. The number of carboxylic acids is 1. The molecule has 0 spiro atoms. The summed E-state index contributed by atoms with van der Waals surface area (Å²) in [4.78, 5) is 14.0. The zero-order valence-electron chi connectivity index (χ0n) is 15.4. The summed E-state index contributed by atoms with van der Waals surface area (Å²) in [6.07, 6.45) is 4.25. The molecule has 5 rings (SSSR count). The minimum Gasteiger partial charge on any atom is -1.00 e. The van der Waals surface area contributed by atoms with Gasteiger partial charge < -0.3 is 16.7 Å². The molecule has 2 N–H and O–H groups in total. The van der Waals surface area contributed by atoms with Crippen molar-refractivity contribution in [1.29, 1.82) is 0 Å². The first-order valence-corrected chi connectivity index (χ1v) is 8.84. The molecule has 2 aromatic rings. The number of rotatable bonds is 5. The van der Waals surface area contributed by atoms with Gasteiger partial charge in [0.1, 0.15) is 0 Å². The van der Waals surface area contributed by atoms with Crippen LogP contribution in [0.1, 0.15) is 24.6 Å². The molecule has 1 aromatic heterocycles. The standard InChI is InChI=1S/C17H21ClN4O2.Li.H/c18-13-7-12-9-20-22(16(12)14(8-13)17(23)24)6-3-19-15-10-21-4-1-11(15)2-5-21;;/h7-9,11,15,19H,1-6,10H2,(H,23,24);;/q;+1;-1. The summed E-state index contributed by atoms with van der Waals surface area (Å²) in [5.41, 5.74) is 0.848. The van der Waals surface area contributed by atoms with Crippen LogP contribution in [0.2, 0.25) is 5.02 Å². The first-order chi connectivity index (χ1) is 11.6. The van der Waals surface area contributed by atoms with Crippen LogP contribution in [0, 0.1) is 5.92 Å². The van der Waals surface area contributed by atoms with Gasteiger partial charge in [-0.2, -0.15) is 5.10 Å².